The molecule has 5 nitrogen and oxygen atoms in total. The van der Waals surface area contributed by atoms with Crippen LogP contribution in [-0.2, 0) is 10.2 Å². The molecular weight excluding hydrogens is 214 g/mol. The average Bonchev–Trinajstić information content (AvgIpc) is 2.85. The lowest BCUT2D eigenvalue weighted by atomic mass is 9.99. The van der Waals surface area contributed by atoms with Crippen molar-refractivity contribution in [3.8, 4) is 0 Å². The molecule has 0 radical (unpaired) electrons. The molecule has 1 saturated carbocycles. The summed E-state index contributed by atoms with van der Waals surface area (Å²) in [5.41, 5.74) is 5.82. The molecule has 0 amide bonds. The zero-order valence-corrected chi connectivity index (χ0v) is 9.83. The summed E-state index contributed by atoms with van der Waals surface area (Å²) in [4.78, 5) is 0. The maximum absolute atomic E-state index is 11.9. The lowest BCUT2D eigenvalue weighted by molar-refractivity contribution is 0.252. The Morgan fingerprint density at radius 1 is 1.33 bits per heavy atom. The average molecular weight is 233 g/mol. The number of nitrogens with two attached hydrogens (primary N) is 1. The molecule has 3 N–H and O–H groups in total. The standard InChI is InChI=1S/C9H19N3O2S/c1-7-4-8(10)6-12(5-7)15(13,14)11-9-2-3-9/h7-9,11H,2-6,10H2,1H3. The first-order valence-corrected chi connectivity index (χ1v) is 6.94. The van der Waals surface area contributed by atoms with Crippen LogP contribution >= 0.6 is 0 Å². The van der Waals surface area contributed by atoms with Gasteiger partial charge in [-0.15, -0.1) is 0 Å². The van der Waals surface area contributed by atoms with Gasteiger partial charge in [-0.25, -0.2) is 0 Å². The van der Waals surface area contributed by atoms with E-state index in [0.29, 0.717) is 19.0 Å². The van der Waals surface area contributed by atoms with E-state index in [4.69, 9.17) is 5.73 Å². The van der Waals surface area contributed by atoms with E-state index in [1.54, 1.807) is 0 Å². The summed E-state index contributed by atoms with van der Waals surface area (Å²) in [5.74, 6) is 0.351. The van der Waals surface area contributed by atoms with Crippen LogP contribution in [0.3, 0.4) is 0 Å². The van der Waals surface area contributed by atoms with Crippen LogP contribution in [0.5, 0.6) is 0 Å². The summed E-state index contributed by atoms with van der Waals surface area (Å²) >= 11 is 0. The van der Waals surface area contributed by atoms with Crippen molar-refractivity contribution in [1.82, 2.24) is 9.03 Å². The third kappa shape index (κ3) is 2.90. The minimum atomic E-state index is -3.28. The molecule has 1 heterocycles. The van der Waals surface area contributed by atoms with Crippen LogP contribution < -0.4 is 10.5 Å². The van der Waals surface area contributed by atoms with Crippen molar-refractivity contribution in [2.24, 2.45) is 11.7 Å². The minimum Gasteiger partial charge on any atom is -0.326 e. The third-order valence-electron chi connectivity index (χ3n) is 2.89. The van der Waals surface area contributed by atoms with E-state index in [9.17, 15) is 8.42 Å². The molecule has 15 heavy (non-hydrogen) atoms. The predicted molar refractivity (Wildman–Crippen MR) is 58.4 cm³/mol. The molecule has 1 saturated heterocycles. The van der Waals surface area contributed by atoms with E-state index in [1.165, 1.54) is 4.31 Å². The largest absolute Gasteiger partial charge is 0.326 e. The van der Waals surface area contributed by atoms with Crippen LogP contribution in [0.25, 0.3) is 0 Å². The minimum absolute atomic E-state index is 0.0236. The highest BCUT2D eigenvalue weighted by atomic mass is 32.2. The normalized spacial score (nSPS) is 34.3. The van der Waals surface area contributed by atoms with Gasteiger partial charge in [0.05, 0.1) is 0 Å². The molecule has 88 valence electrons. The van der Waals surface area contributed by atoms with Crippen molar-refractivity contribution < 1.29 is 8.42 Å². The predicted octanol–water partition coefficient (Wildman–Crippen LogP) is -0.348. The van der Waals surface area contributed by atoms with Crippen molar-refractivity contribution >= 4 is 10.2 Å². The second-order valence-corrected chi connectivity index (χ2v) is 6.52. The van der Waals surface area contributed by atoms with Gasteiger partial charge in [0.15, 0.2) is 0 Å². The molecule has 6 heteroatoms. The number of piperidine rings is 1. The van der Waals surface area contributed by atoms with Crippen molar-refractivity contribution in [3.63, 3.8) is 0 Å². The van der Waals surface area contributed by atoms with E-state index >= 15 is 0 Å². The monoisotopic (exact) mass is 233 g/mol. The lowest BCUT2D eigenvalue weighted by Crippen LogP contribution is -2.52. The Balaban J connectivity index is 2.01. The first kappa shape index (κ1) is 11.3. The van der Waals surface area contributed by atoms with E-state index in [1.807, 2.05) is 6.92 Å². The van der Waals surface area contributed by atoms with Gasteiger partial charge in [0.25, 0.3) is 10.2 Å². The van der Waals surface area contributed by atoms with E-state index in [2.05, 4.69) is 4.72 Å². The number of hydrogen-bond donors (Lipinski definition) is 2. The Labute approximate surface area is 91.2 Å². The fourth-order valence-electron chi connectivity index (χ4n) is 2.03. The Morgan fingerprint density at radius 2 is 2.00 bits per heavy atom. The van der Waals surface area contributed by atoms with Gasteiger partial charge in [-0.1, -0.05) is 6.92 Å². The molecule has 0 bridgehead atoms. The van der Waals surface area contributed by atoms with Gasteiger partial charge in [-0.3, -0.25) is 0 Å². The van der Waals surface area contributed by atoms with Crippen LogP contribution in [0.2, 0.25) is 0 Å². The summed E-state index contributed by atoms with van der Waals surface area (Å²) in [7, 11) is -3.28. The van der Waals surface area contributed by atoms with Crippen molar-refractivity contribution in [1.29, 1.82) is 0 Å². The summed E-state index contributed by atoms with van der Waals surface area (Å²) in [6.45, 7) is 3.08. The maximum Gasteiger partial charge on any atom is 0.279 e. The Morgan fingerprint density at radius 3 is 2.53 bits per heavy atom. The maximum atomic E-state index is 11.9. The number of rotatable bonds is 3. The van der Waals surface area contributed by atoms with Crippen molar-refractivity contribution in [3.05, 3.63) is 0 Å². The molecule has 0 aromatic rings. The van der Waals surface area contributed by atoms with Gasteiger partial charge in [0.1, 0.15) is 0 Å². The summed E-state index contributed by atoms with van der Waals surface area (Å²) in [6.07, 6.45) is 2.85. The number of hydrogen-bond acceptors (Lipinski definition) is 3. The summed E-state index contributed by atoms with van der Waals surface area (Å²) in [5, 5.41) is 0. The van der Waals surface area contributed by atoms with Gasteiger partial charge in [-0.2, -0.15) is 17.4 Å². The highest BCUT2D eigenvalue weighted by molar-refractivity contribution is 7.87. The molecule has 2 rings (SSSR count). The smallest absolute Gasteiger partial charge is 0.279 e. The zero-order chi connectivity index (χ0) is 11.1. The first-order chi connectivity index (χ1) is 6.97. The van der Waals surface area contributed by atoms with Gasteiger partial charge in [-0.05, 0) is 25.2 Å². The van der Waals surface area contributed by atoms with Crippen LogP contribution in [0.15, 0.2) is 0 Å². The van der Waals surface area contributed by atoms with E-state index in [-0.39, 0.29) is 12.1 Å². The van der Waals surface area contributed by atoms with Gasteiger partial charge >= 0.3 is 0 Å². The molecule has 1 aliphatic heterocycles. The van der Waals surface area contributed by atoms with Gasteiger partial charge in [0, 0.05) is 25.2 Å². The Kier molecular flexibility index (Phi) is 3.03. The second kappa shape index (κ2) is 4.01. The van der Waals surface area contributed by atoms with Gasteiger partial charge < -0.3 is 5.73 Å². The number of nitrogens with zero attached hydrogens (tertiary/aromatic N) is 1. The molecule has 0 spiro atoms. The number of nitrogens with one attached hydrogen (secondary N) is 1. The van der Waals surface area contributed by atoms with Crippen molar-refractivity contribution in [2.75, 3.05) is 13.1 Å². The van der Waals surface area contributed by atoms with Crippen LogP contribution in [0.4, 0.5) is 0 Å². The van der Waals surface area contributed by atoms with E-state index in [0.717, 1.165) is 19.3 Å². The fourth-order valence-corrected chi connectivity index (χ4v) is 3.68. The molecule has 2 aliphatic rings. The highest BCUT2D eigenvalue weighted by Gasteiger charge is 2.34. The Hall–Kier alpha value is -0.170. The van der Waals surface area contributed by atoms with E-state index < -0.39 is 10.2 Å². The second-order valence-electron chi connectivity index (χ2n) is 4.82. The SMILES string of the molecule is CC1CC(N)CN(S(=O)(=O)NC2CC2)C1. The van der Waals surface area contributed by atoms with Crippen LogP contribution in [-0.4, -0.2) is 37.9 Å². The molecule has 1 aliphatic carbocycles. The molecule has 2 unspecified atom stereocenters. The molecule has 0 aromatic carbocycles. The molecular formula is C9H19N3O2S. The quantitative estimate of drug-likeness (QED) is 0.700. The van der Waals surface area contributed by atoms with Crippen LogP contribution in [0, 0.1) is 5.92 Å². The van der Waals surface area contributed by atoms with Crippen molar-refractivity contribution in [2.45, 2.75) is 38.3 Å². The summed E-state index contributed by atoms with van der Waals surface area (Å²) < 4.78 is 27.9. The van der Waals surface area contributed by atoms with Crippen LogP contribution in [0.1, 0.15) is 26.2 Å². The van der Waals surface area contributed by atoms with Gasteiger partial charge in [0.2, 0.25) is 0 Å². The first-order valence-electron chi connectivity index (χ1n) is 5.50. The fraction of sp³-hybridized carbons (Fsp3) is 1.00. The zero-order valence-electron chi connectivity index (χ0n) is 9.02. The third-order valence-corrected chi connectivity index (χ3v) is 4.50. The molecule has 2 atom stereocenters. The lowest BCUT2D eigenvalue weighted by Gasteiger charge is -2.33. The Bertz CT molecular complexity index is 316. The summed E-state index contributed by atoms with van der Waals surface area (Å²) in [6, 6.07) is 0.146. The molecule has 2 fully saturated rings. The molecule has 0 aromatic heterocycles. The highest BCUT2D eigenvalue weighted by Crippen LogP contribution is 2.23. The topological polar surface area (TPSA) is 75.4 Å².